The van der Waals surface area contributed by atoms with Gasteiger partial charge >= 0.3 is 0 Å². The number of nitrogens with zero attached hydrogens (tertiary/aromatic N) is 3. The van der Waals surface area contributed by atoms with Crippen molar-refractivity contribution in [2.24, 2.45) is 11.8 Å². The summed E-state index contributed by atoms with van der Waals surface area (Å²) >= 11 is 0. The van der Waals surface area contributed by atoms with Crippen molar-refractivity contribution in [3.63, 3.8) is 0 Å². The van der Waals surface area contributed by atoms with E-state index in [0.29, 0.717) is 17.4 Å². The lowest BCUT2D eigenvalue weighted by Gasteiger charge is -2.35. The lowest BCUT2D eigenvalue weighted by atomic mass is 9.92. The number of fused-ring (bicyclic) bond motifs is 1. The summed E-state index contributed by atoms with van der Waals surface area (Å²) in [5.41, 5.74) is 1.21. The fourth-order valence-electron chi connectivity index (χ4n) is 3.38. The Morgan fingerprint density at radius 3 is 2.64 bits per heavy atom. The van der Waals surface area contributed by atoms with Gasteiger partial charge in [-0.1, -0.05) is 26.0 Å². The zero-order valence-corrected chi connectivity index (χ0v) is 13.0. The van der Waals surface area contributed by atoms with Gasteiger partial charge in [0.25, 0.3) is 5.56 Å². The summed E-state index contributed by atoms with van der Waals surface area (Å²) < 4.78 is 1.52. The number of hydrogen-bond acceptors (Lipinski definition) is 3. The number of benzene rings is 1. The van der Waals surface area contributed by atoms with Crippen molar-refractivity contribution in [3.05, 3.63) is 40.8 Å². The van der Waals surface area contributed by atoms with Crippen LogP contribution in [0.3, 0.4) is 0 Å². The molecule has 0 bridgehead atoms. The van der Waals surface area contributed by atoms with Gasteiger partial charge in [-0.25, -0.2) is 4.98 Å². The zero-order valence-electron chi connectivity index (χ0n) is 13.0. The molecule has 0 aliphatic carbocycles. The number of amides is 1. The van der Waals surface area contributed by atoms with Crippen LogP contribution in [0.25, 0.3) is 11.0 Å². The summed E-state index contributed by atoms with van der Waals surface area (Å²) in [6, 6.07) is 7.41. The molecule has 116 valence electrons. The standard InChI is InChI=1S/C17H21N3O2/c1-12-7-13(2)10-19(9-12)17(22)11-20-15-6-4-3-5-14(15)18-8-16(20)21/h3-6,8,12-13H,7,9-11H2,1-2H3/t12-,13-/m0/s1. The molecule has 3 rings (SSSR count). The Hall–Kier alpha value is -2.17. The third-order valence-corrected chi connectivity index (χ3v) is 4.27. The van der Waals surface area contributed by atoms with Gasteiger partial charge in [0.2, 0.25) is 5.91 Å². The number of hydrogen-bond donors (Lipinski definition) is 0. The van der Waals surface area contributed by atoms with Crippen LogP contribution >= 0.6 is 0 Å². The van der Waals surface area contributed by atoms with E-state index in [1.165, 1.54) is 10.8 Å². The third-order valence-electron chi connectivity index (χ3n) is 4.27. The van der Waals surface area contributed by atoms with E-state index in [-0.39, 0.29) is 18.0 Å². The number of likely N-dealkylation sites (tertiary alicyclic amines) is 1. The van der Waals surface area contributed by atoms with E-state index >= 15 is 0 Å². The van der Waals surface area contributed by atoms with E-state index in [4.69, 9.17) is 0 Å². The van der Waals surface area contributed by atoms with Crippen LogP contribution < -0.4 is 5.56 Å². The molecule has 1 amide bonds. The first kappa shape index (κ1) is 14.8. The maximum atomic E-state index is 12.6. The molecule has 1 aliphatic heterocycles. The van der Waals surface area contributed by atoms with E-state index < -0.39 is 0 Å². The first-order valence-corrected chi connectivity index (χ1v) is 7.77. The SMILES string of the molecule is C[C@H]1C[C@H](C)CN(C(=O)Cn2c(=O)cnc3ccccc32)C1. The van der Waals surface area contributed by atoms with Crippen molar-refractivity contribution in [1.29, 1.82) is 0 Å². The average Bonchev–Trinajstić information content (AvgIpc) is 2.49. The van der Waals surface area contributed by atoms with Crippen molar-refractivity contribution < 1.29 is 4.79 Å². The fraction of sp³-hybridized carbons (Fsp3) is 0.471. The van der Waals surface area contributed by atoms with Gasteiger partial charge in [0.05, 0.1) is 17.2 Å². The maximum Gasteiger partial charge on any atom is 0.269 e. The molecule has 1 aromatic heterocycles. The van der Waals surface area contributed by atoms with Crippen LogP contribution in [0, 0.1) is 11.8 Å². The lowest BCUT2D eigenvalue weighted by molar-refractivity contribution is -0.134. The van der Waals surface area contributed by atoms with Gasteiger partial charge in [-0.3, -0.25) is 14.2 Å². The van der Waals surface area contributed by atoms with Crippen LogP contribution in [0.15, 0.2) is 35.3 Å². The van der Waals surface area contributed by atoms with E-state index in [1.54, 1.807) is 0 Å². The van der Waals surface area contributed by atoms with Gasteiger partial charge < -0.3 is 4.90 Å². The van der Waals surface area contributed by atoms with Crippen molar-refractivity contribution in [2.45, 2.75) is 26.8 Å². The van der Waals surface area contributed by atoms with Crippen LogP contribution in [0.4, 0.5) is 0 Å². The largest absolute Gasteiger partial charge is 0.341 e. The second-order valence-electron chi connectivity index (χ2n) is 6.42. The normalized spacial score (nSPS) is 22.0. The highest BCUT2D eigenvalue weighted by Crippen LogP contribution is 2.21. The molecule has 22 heavy (non-hydrogen) atoms. The average molecular weight is 299 g/mol. The minimum absolute atomic E-state index is 0.0110. The van der Waals surface area contributed by atoms with Crippen LogP contribution in [0.1, 0.15) is 20.3 Å². The summed E-state index contributed by atoms with van der Waals surface area (Å²) in [4.78, 5) is 30.7. The first-order chi connectivity index (χ1) is 10.5. The Morgan fingerprint density at radius 1 is 1.23 bits per heavy atom. The van der Waals surface area contributed by atoms with Gasteiger partial charge in [0.1, 0.15) is 6.54 Å². The number of rotatable bonds is 2. The predicted octanol–water partition coefficient (Wildman–Crippen LogP) is 1.90. The molecule has 5 nitrogen and oxygen atoms in total. The Kier molecular flexibility index (Phi) is 3.96. The highest BCUT2D eigenvalue weighted by atomic mass is 16.2. The molecule has 2 aromatic rings. The smallest absolute Gasteiger partial charge is 0.269 e. The molecule has 1 aliphatic rings. The molecule has 0 spiro atoms. The molecule has 1 aromatic carbocycles. The molecule has 0 unspecified atom stereocenters. The zero-order chi connectivity index (χ0) is 15.7. The van der Waals surface area contributed by atoms with E-state index in [9.17, 15) is 9.59 Å². The molecule has 2 atom stereocenters. The van der Waals surface area contributed by atoms with Crippen molar-refractivity contribution in [1.82, 2.24) is 14.5 Å². The number of piperidine rings is 1. The fourth-order valence-corrected chi connectivity index (χ4v) is 3.38. The first-order valence-electron chi connectivity index (χ1n) is 7.77. The topological polar surface area (TPSA) is 55.2 Å². The Balaban J connectivity index is 1.88. The van der Waals surface area contributed by atoms with Crippen LogP contribution in [0.2, 0.25) is 0 Å². The number of aromatic nitrogens is 2. The number of para-hydroxylation sites is 2. The van der Waals surface area contributed by atoms with Crippen LogP contribution in [0.5, 0.6) is 0 Å². The Labute approximate surface area is 129 Å². The molecule has 5 heteroatoms. The van der Waals surface area contributed by atoms with Crippen molar-refractivity contribution in [3.8, 4) is 0 Å². The molecule has 1 saturated heterocycles. The van der Waals surface area contributed by atoms with Gasteiger partial charge in [-0.2, -0.15) is 0 Å². The second kappa shape index (κ2) is 5.91. The second-order valence-corrected chi connectivity index (χ2v) is 6.42. The summed E-state index contributed by atoms with van der Waals surface area (Å²) in [6.45, 7) is 5.98. The predicted molar refractivity (Wildman–Crippen MR) is 85.5 cm³/mol. The van der Waals surface area contributed by atoms with Gasteiger partial charge in [-0.15, -0.1) is 0 Å². The summed E-state index contributed by atoms with van der Waals surface area (Å²) in [5, 5.41) is 0. The summed E-state index contributed by atoms with van der Waals surface area (Å²) in [7, 11) is 0. The molecular weight excluding hydrogens is 278 g/mol. The monoisotopic (exact) mass is 299 g/mol. The highest BCUT2D eigenvalue weighted by Gasteiger charge is 2.25. The van der Waals surface area contributed by atoms with E-state index in [2.05, 4.69) is 18.8 Å². The molecule has 1 fully saturated rings. The Morgan fingerprint density at radius 2 is 1.91 bits per heavy atom. The third kappa shape index (κ3) is 2.89. The number of carbonyl (C=O) groups excluding carboxylic acids is 1. The van der Waals surface area contributed by atoms with Crippen LogP contribution in [-0.2, 0) is 11.3 Å². The minimum Gasteiger partial charge on any atom is -0.341 e. The van der Waals surface area contributed by atoms with Gasteiger partial charge in [0, 0.05) is 13.1 Å². The minimum atomic E-state index is -0.231. The summed E-state index contributed by atoms with van der Waals surface area (Å²) in [6.07, 6.45) is 2.44. The van der Waals surface area contributed by atoms with E-state index in [0.717, 1.165) is 25.0 Å². The van der Waals surface area contributed by atoms with E-state index in [1.807, 2.05) is 29.2 Å². The molecular formula is C17H21N3O2. The van der Waals surface area contributed by atoms with Gasteiger partial charge in [0.15, 0.2) is 0 Å². The van der Waals surface area contributed by atoms with Gasteiger partial charge in [-0.05, 0) is 30.4 Å². The van der Waals surface area contributed by atoms with Crippen molar-refractivity contribution >= 4 is 16.9 Å². The maximum absolute atomic E-state index is 12.6. The lowest BCUT2D eigenvalue weighted by Crippen LogP contribution is -2.44. The van der Waals surface area contributed by atoms with Crippen LogP contribution in [-0.4, -0.2) is 33.4 Å². The molecule has 2 heterocycles. The number of carbonyl (C=O) groups is 1. The highest BCUT2D eigenvalue weighted by molar-refractivity contribution is 5.80. The molecule has 0 N–H and O–H groups in total. The quantitative estimate of drug-likeness (QED) is 0.851. The molecule has 0 saturated carbocycles. The summed E-state index contributed by atoms with van der Waals surface area (Å²) in [5.74, 6) is 1.04. The van der Waals surface area contributed by atoms with Crippen molar-refractivity contribution in [2.75, 3.05) is 13.1 Å². The molecule has 0 radical (unpaired) electrons. The Bertz CT molecular complexity index is 743.